The van der Waals surface area contributed by atoms with Crippen LogP contribution in [0, 0.1) is 0 Å². The Hall–Kier alpha value is -2.28. The SMILES string of the molecule is CCCN(CCCCN1CCN(c2cccc(Cl)c2Cl)CC1)c1noc(-c2ccccc2)n1. The Labute approximate surface area is 206 Å². The highest BCUT2D eigenvalue weighted by Gasteiger charge is 2.20. The zero-order valence-corrected chi connectivity index (χ0v) is 20.6. The molecule has 0 atom stereocenters. The molecule has 0 unspecified atom stereocenters. The molecule has 2 aromatic carbocycles. The number of aromatic nitrogens is 2. The summed E-state index contributed by atoms with van der Waals surface area (Å²) in [6.07, 6.45) is 3.28. The van der Waals surface area contributed by atoms with Crippen LogP contribution in [0.3, 0.4) is 0 Å². The normalized spacial score (nSPS) is 14.6. The number of hydrogen-bond donors (Lipinski definition) is 0. The number of unbranched alkanes of at least 4 members (excludes halogenated alkanes) is 1. The summed E-state index contributed by atoms with van der Waals surface area (Å²) in [5, 5.41) is 5.50. The second kappa shape index (κ2) is 11.7. The maximum atomic E-state index is 6.40. The van der Waals surface area contributed by atoms with Gasteiger partial charge < -0.3 is 14.3 Å². The third-order valence-electron chi connectivity index (χ3n) is 6.01. The Morgan fingerprint density at radius 1 is 0.939 bits per heavy atom. The second-order valence-corrected chi connectivity index (χ2v) is 9.15. The van der Waals surface area contributed by atoms with Crippen LogP contribution in [0.15, 0.2) is 53.1 Å². The molecular weight excluding hydrogens is 457 g/mol. The fourth-order valence-corrected chi connectivity index (χ4v) is 4.63. The van der Waals surface area contributed by atoms with Crippen LogP contribution >= 0.6 is 23.2 Å². The summed E-state index contributed by atoms with van der Waals surface area (Å²) in [6, 6.07) is 15.8. The lowest BCUT2D eigenvalue weighted by molar-refractivity contribution is 0.253. The van der Waals surface area contributed by atoms with Gasteiger partial charge in [-0.25, -0.2) is 0 Å². The topological polar surface area (TPSA) is 48.6 Å². The number of hydrogen-bond acceptors (Lipinski definition) is 6. The number of nitrogens with zero attached hydrogens (tertiary/aromatic N) is 5. The molecule has 0 bridgehead atoms. The summed E-state index contributed by atoms with van der Waals surface area (Å²) in [4.78, 5) is 11.7. The van der Waals surface area contributed by atoms with Crippen molar-refractivity contribution in [3.05, 3.63) is 58.6 Å². The third kappa shape index (κ3) is 6.19. The summed E-state index contributed by atoms with van der Waals surface area (Å²) < 4.78 is 5.51. The van der Waals surface area contributed by atoms with Gasteiger partial charge >= 0.3 is 0 Å². The first-order chi connectivity index (χ1) is 16.2. The number of anilines is 2. The molecule has 4 rings (SSSR count). The molecule has 0 saturated carbocycles. The molecule has 1 aliphatic rings. The van der Waals surface area contributed by atoms with Crippen molar-refractivity contribution in [2.75, 3.05) is 55.6 Å². The van der Waals surface area contributed by atoms with Gasteiger partial charge in [-0.3, -0.25) is 4.90 Å². The van der Waals surface area contributed by atoms with Gasteiger partial charge in [0, 0.05) is 44.8 Å². The molecule has 8 heteroatoms. The number of benzene rings is 2. The van der Waals surface area contributed by atoms with Gasteiger partial charge in [0.15, 0.2) is 0 Å². The lowest BCUT2D eigenvalue weighted by Crippen LogP contribution is -2.46. The van der Waals surface area contributed by atoms with Gasteiger partial charge in [0.05, 0.1) is 15.7 Å². The van der Waals surface area contributed by atoms with Crippen LogP contribution in [0.25, 0.3) is 11.5 Å². The van der Waals surface area contributed by atoms with Gasteiger partial charge in [0.1, 0.15) is 0 Å². The van der Waals surface area contributed by atoms with Crippen molar-refractivity contribution < 1.29 is 4.52 Å². The highest BCUT2D eigenvalue weighted by Crippen LogP contribution is 2.32. The zero-order valence-electron chi connectivity index (χ0n) is 19.1. The highest BCUT2D eigenvalue weighted by atomic mass is 35.5. The number of halogens is 2. The van der Waals surface area contributed by atoms with Crippen LogP contribution in [0.1, 0.15) is 26.2 Å². The van der Waals surface area contributed by atoms with Crippen LogP contribution in [-0.4, -0.2) is 60.9 Å². The van der Waals surface area contributed by atoms with E-state index in [4.69, 9.17) is 27.7 Å². The lowest BCUT2D eigenvalue weighted by atomic mass is 10.2. The lowest BCUT2D eigenvalue weighted by Gasteiger charge is -2.36. The van der Waals surface area contributed by atoms with E-state index >= 15 is 0 Å². The van der Waals surface area contributed by atoms with E-state index in [0.29, 0.717) is 21.9 Å². The van der Waals surface area contributed by atoms with Crippen molar-refractivity contribution in [3.63, 3.8) is 0 Å². The van der Waals surface area contributed by atoms with Crippen molar-refractivity contribution in [3.8, 4) is 11.5 Å². The molecule has 0 N–H and O–H groups in total. The van der Waals surface area contributed by atoms with E-state index in [1.807, 2.05) is 48.5 Å². The average molecular weight is 488 g/mol. The van der Waals surface area contributed by atoms with Gasteiger partial charge in [-0.05, 0) is 55.2 Å². The van der Waals surface area contributed by atoms with Crippen LogP contribution in [0.4, 0.5) is 11.6 Å². The van der Waals surface area contributed by atoms with E-state index in [0.717, 1.165) is 76.3 Å². The van der Waals surface area contributed by atoms with E-state index in [9.17, 15) is 0 Å². The Bertz CT molecular complexity index is 1010. The summed E-state index contributed by atoms with van der Waals surface area (Å²) in [7, 11) is 0. The van der Waals surface area contributed by atoms with Crippen molar-refractivity contribution in [1.29, 1.82) is 0 Å². The van der Waals surface area contributed by atoms with Gasteiger partial charge in [-0.2, -0.15) is 4.98 Å². The minimum Gasteiger partial charge on any atom is -0.368 e. The maximum absolute atomic E-state index is 6.40. The molecule has 0 amide bonds. The molecule has 0 spiro atoms. The number of piperazine rings is 1. The molecule has 1 aromatic heterocycles. The Morgan fingerprint density at radius 2 is 1.73 bits per heavy atom. The minimum absolute atomic E-state index is 0.574. The van der Waals surface area contributed by atoms with Gasteiger partial charge in [-0.15, -0.1) is 0 Å². The van der Waals surface area contributed by atoms with Crippen molar-refractivity contribution >= 4 is 34.8 Å². The molecule has 1 fully saturated rings. The fraction of sp³-hybridized carbons (Fsp3) is 0.440. The molecule has 6 nitrogen and oxygen atoms in total. The van der Waals surface area contributed by atoms with E-state index in [1.54, 1.807) is 0 Å². The zero-order chi connectivity index (χ0) is 23.0. The standard InChI is InChI=1S/C25H31Cl2N5O/c1-2-13-32(25-28-24(33-29-25)20-9-4-3-5-10-20)15-7-6-14-30-16-18-31(19-17-30)22-12-8-11-21(26)23(22)27/h3-5,8-12H,2,6-7,13-19H2,1H3. The van der Waals surface area contributed by atoms with Crippen LogP contribution < -0.4 is 9.80 Å². The predicted octanol–water partition coefficient (Wildman–Crippen LogP) is 5.86. The van der Waals surface area contributed by atoms with Crippen LogP contribution in [0.5, 0.6) is 0 Å². The minimum atomic E-state index is 0.574. The molecule has 0 aliphatic carbocycles. The first-order valence-electron chi connectivity index (χ1n) is 11.7. The van der Waals surface area contributed by atoms with Gasteiger partial charge in [-0.1, -0.05) is 54.4 Å². The van der Waals surface area contributed by atoms with Crippen LogP contribution in [0.2, 0.25) is 10.0 Å². The summed E-state index contributed by atoms with van der Waals surface area (Å²) in [6.45, 7) is 9.13. The quantitative estimate of drug-likeness (QED) is 0.333. The Morgan fingerprint density at radius 3 is 2.48 bits per heavy atom. The predicted molar refractivity (Wildman–Crippen MR) is 137 cm³/mol. The molecule has 1 saturated heterocycles. The summed E-state index contributed by atoms with van der Waals surface area (Å²) in [5.41, 5.74) is 1.99. The molecule has 1 aliphatic heterocycles. The van der Waals surface area contributed by atoms with E-state index < -0.39 is 0 Å². The first-order valence-corrected chi connectivity index (χ1v) is 12.5. The molecule has 33 heavy (non-hydrogen) atoms. The molecular formula is C25H31Cl2N5O. The molecule has 0 radical (unpaired) electrons. The van der Waals surface area contributed by atoms with E-state index in [2.05, 4.69) is 31.8 Å². The highest BCUT2D eigenvalue weighted by molar-refractivity contribution is 6.43. The summed E-state index contributed by atoms with van der Waals surface area (Å²) in [5.74, 6) is 1.26. The van der Waals surface area contributed by atoms with Crippen molar-refractivity contribution in [2.45, 2.75) is 26.2 Å². The van der Waals surface area contributed by atoms with Crippen molar-refractivity contribution in [1.82, 2.24) is 15.0 Å². The summed E-state index contributed by atoms with van der Waals surface area (Å²) >= 11 is 12.6. The van der Waals surface area contributed by atoms with Crippen molar-refractivity contribution in [2.24, 2.45) is 0 Å². The van der Waals surface area contributed by atoms with Gasteiger partial charge in [0.2, 0.25) is 0 Å². The Balaban J connectivity index is 1.23. The van der Waals surface area contributed by atoms with Crippen LogP contribution in [-0.2, 0) is 0 Å². The molecule has 176 valence electrons. The first kappa shape index (κ1) is 23.9. The second-order valence-electron chi connectivity index (χ2n) is 8.36. The number of rotatable bonds is 10. The van der Waals surface area contributed by atoms with Gasteiger partial charge in [0.25, 0.3) is 11.8 Å². The molecule has 2 heterocycles. The molecule has 3 aromatic rings. The Kier molecular flexibility index (Phi) is 8.48. The monoisotopic (exact) mass is 487 g/mol. The third-order valence-corrected chi connectivity index (χ3v) is 6.82. The maximum Gasteiger partial charge on any atom is 0.266 e. The smallest absolute Gasteiger partial charge is 0.266 e. The largest absolute Gasteiger partial charge is 0.368 e. The van der Waals surface area contributed by atoms with E-state index in [1.165, 1.54) is 0 Å². The fourth-order valence-electron chi connectivity index (χ4n) is 4.21. The van der Waals surface area contributed by atoms with E-state index in [-0.39, 0.29) is 0 Å². The average Bonchev–Trinajstić information content (AvgIpc) is 3.34.